The molecule has 1 aromatic heterocycles. The molecule has 0 spiro atoms. The van der Waals surface area contributed by atoms with Crippen molar-refractivity contribution in [1.29, 1.82) is 0 Å². The number of para-hydroxylation sites is 1. The Hall–Kier alpha value is -3.30. The number of carbonyl (C=O) groups excluding carboxylic acids is 1. The molecule has 3 aromatic rings. The molecule has 1 amide bonds. The Kier molecular flexibility index (Phi) is 6.20. The quantitative estimate of drug-likeness (QED) is 0.213. The van der Waals surface area contributed by atoms with Gasteiger partial charge >= 0.3 is 0 Å². The van der Waals surface area contributed by atoms with Crippen molar-refractivity contribution < 1.29 is 9.72 Å². The van der Waals surface area contributed by atoms with Crippen LogP contribution in [0.5, 0.6) is 0 Å². The number of non-ortho nitro benzene ring substituents is 1. The van der Waals surface area contributed by atoms with Gasteiger partial charge in [0.2, 0.25) is 0 Å². The molecule has 2 heterocycles. The summed E-state index contributed by atoms with van der Waals surface area (Å²) in [6, 6.07) is 15.8. The molecule has 1 aliphatic heterocycles. The van der Waals surface area contributed by atoms with Gasteiger partial charge in [-0.15, -0.1) is 0 Å². The third kappa shape index (κ3) is 4.49. The fourth-order valence-corrected chi connectivity index (χ4v) is 4.60. The van der Waals surface area contributed by atoms with E-state index in [9.17, 15) is 14.9 Å². The van der Waals surface area contributed by atoms with Gasteiger partial charge in [-0.1, -0.05) is 56.0 Å². The van der Waals surface area contributed by atoms with Crippen LogP contribution in [0.2, 0.25) is 0 Å². The average Bonchev–Trinajstić information content (AvgIpc) is 3.31. The Morgan fingerprint density at radius 2 is 1.84 bits per heavy atom. The summed E-state index contributed by atoms with van der Waals surface area (Å²) in [5.41, 5.74) is 2.94. The zero-order valence-electron chi connectivity index (χ0n) is 17.5. The molecule has 0 N–H and O–H groups in total. The molecular formula is C23H20N4O3S2. The van der Waals surface area contributed by atoms with E-state index >= 15 is 0 Å². The lowest BCUT2D eigenvalue weighted by Gasteiger charge is -2.16. The number of amides is 1. The van der Waals surface area contributed by atoms with E-state index in [-0.39, 0.29) is 11.6 Å². The molecule has 0 aliphatic carbocycles. The van der Waals surface area contributed by atoms with E-state index in [0.29, 0.717) is 32.9 Å². The normalized spacial score (nSPS) is 15.2. The summed E-state index contributed by atoms with van der Waals surface area (Å²) < 4.78 is 2.28. The Bertz CT molecular complexity index is 1220. The second kappa shape index (κ2) is 9.05. The van der Waals surface area contributed by atoms with Crippen molar-refractivity contribution in [3.8, 4) is 16.9 Å². The Balaban J connectivity index is 1.78. The van der Waals surface area contributed by atoms with Gasteiger partial charge in [0.15, 0.2) is 0 Å². The van der Waals surface area contributed by atoms with Crippen LogP contribution in [0.3, 0.4) is 0 Å². The number of thioether (sulfide) groups is 1. The topological polar surface area (TPSA) is 81.3 Å². The molecule has 2 aromatic carbocycles. The van der Waals surface area contributed by atoms with Crippen LogP contribution in [0.25, 0.3) is 23.0 Å². The number of nitrogens with zero attached hydrogens (tertiary/aromatic N) is 4. The van der Waals surface area contributed by atoms with E-state index in [4.69, 9.17) is 17.3 Å². The van der Waals surface area contributed by atoms with Crippen molar-refractivity contribution in [2.24, 2.45) is 5.92 Å². The highest BCUT2D eigenvalue weighted by molar-refractivity contribution is 8.26. The van der Waals surface area contributed by atoms with Crippen LogP contribution in [0.4, 0.5) is 5.69 Å². The predicted octanol–water partition coefficient (Wildman–Crippen LogP) is 5.30. The largest absolute Gasteiger partial charge is 0.293 e. The van der Waals surface area contributed by atoms with Crippen molar-refractivity contribution in [2.75, 3.05) is 6.54 Å². The van der Waals surface area contributed by atoms with Gasteiger partial charge in [-0.2, -0.15) is 5.10 Å². The molecule has 162 valence electrons. The highest BCUT2D eigenvalue weighted by Gasteiger charge is 2.32. The van der Waals surface area contributed by atoms with E-state index in [2.05, 4.69) is 0 Å². The summed E-state index contributed by atoms with van der Waals surface area (Å²) >= 11 is 6.70. The Labute approximate surface area is 194 Å². The summed E-state index contributed by atoms with van der Waals surface area (Å²) in [6.07, 6.45) is 3.64. The summed E-state index contributed by atoms with van der Waals surface area (Å²) in [7, 11) is 0. The van der Waals surface area contributed by atoms with Gasteiger partial charge in [0.05, 0.1) is 21.2 Å². The average molecular weight is 465 g/mol. The minimum Gasteiger partial charge on any atom is -0.293 e. The molecule has 1 saturated heterocycles. The number of carbonyl (C=O) groups is 1. The second-order valence-corrected chi connectivity index (χ2v) is 9.38. The zero-order valence-corrected chi connectivity index (χ0v) is 19.1. The predicted molar refractivity (Wildman–Crippen MR) is 130 cm³/mol. The minimum absolute atomic E-state index is 0.00680. The standard InChI is InChI=1S/C23H20N4O3S2/c1-15(2)13-25-22(28)20(32-23(25)31)12-17-14-26(18-6-4-3-5-7-18)24-21(17)16-8-10-19(11-9-16)27(29)30/h3-12,14-15H,13H2,1-2H3/b20-12-. The number of nitro groups is 1. The lowest BCUT2D eigenvalue weighted by Crippen LogP contribution is -2.31. The molecule has 7 nitrogen and oxygen atoms in total. The van der Waals surface area contributed by atoms with E-state index < -0.39 is 4.92 Å². The Morgan fingerprint density at radius 1 is 1.16 bits per heavy atom. The van der Waals surface area contributed by atoms with Crippen molar-refractivity contribution >= 4 is 46.0 Å². The van der Waals surface area contributed by atoms with Crippen LogP contribution in [0.15, 0.2) is 65.7 Å². The molecule has 9 heteroatoms. The summed E-state index contributed by atoms with van der Waals surface area (Å²) in [4.78, 5) is 25.7. The molecule has 0 saturated carbocycles. The van der Waals surface area contributed by atoms with E-state index in [1.54, 1.807) is 27.8 Å². The van der Waals surface area contributed by atoms with Gasteiger partial charge in [-0.05, 0) is 36.3 Å². The van der Waals surface area contributed by atoms with Crippen LogP contribution in [-0.4, -0.2) is 36.4 Å². The van der Waals surface area contributed by atoms with E-state index in [0.717, 1.165) is 11.3 Å². The first-order valence-corrected chi connectivity index (χ1v) is 11.2. The summed E-state index contributed by atoms with van der Waals surface area (Å²) in [5, 5.41) is 15.7. The van der Waals surface area contributed by atoms with Gasteiger partial charge < -0.3 is 0 Å². The lowest BCUT2D eigenvalue weighted by atomic mass is 10.1. The highest BCUT2D eigenvalue weighted by atomic mass is 32.2. The number of rotatable bonds is 6. The zero-order chi connectivity index (χ0) is 22.8. The first-order chi connectivity index (χ1) is 15.3. The maximum Gasteiger partial charge on any atom is 0.269 e. The van der Waals surface area contributed by atoms with Crippen LogP contribution in [-0.2, 0) is 4.79 Å². The van der Waals surface area contributed by atoms with Gasteiger partial charge in [0, 0.05) is 36.0 Å². The third-order valence-corrected chi connectivity index (χ3v) is 6.20. The number of benzene rings is 2. The fraction of sp³-hybridized carbons (Fsp3) is 0.174. The molecule has 1 aliphatic rings. The molecule has 32 heavy (non-hydrogen) atoms. The van der Waals surface area contributed by atoms with Crippen LogP contribution in [0, 0.1) is 16.0 Å². The van der Waals surface area contributed by atoms with Crippen LogP contribution >= 0.6 is 24.0 Å². The van der Waals surface area contributed by atoms with Crippen molar-refractivity contribution in [2.45, 2.75) is 13.8 Å². The summed E-state index contributed by atoms with van der Waals surface area (Å²) in [6.45, 7) is 4.65. The molecule has 0 bridgehead atoms. The maximum atomic E-state index is 12.9. The number of thiocarbonyl (C=S) groups is 1. The minimum atomic E-state index is -0.437. The monoisotopic (exact) mass is 464 g/mol. The first kappa shape index (κ1) is 21.9. The number of nitro benzene ring substituents is 1. The number of hydrogen-bond donors (Lipinski definition) is 0. The van der Waals surface area contributed by atoms with Gasteiger partial charge in [-0.3, -0.25) is 19.8 Å². The third-order valence-electron chi connectivity index (χ3n) is 4.82. The maximum absolute atomic E-state index is 12.9. The van der Waals surface area contributed by atoms with Crippen LogP contribution in [0.1, 0.15) is 19.4 Å². The smallest absolute Gasteiger partial charge is 0.269 e. The molecular weight excluding hydrogens is 444 g/mol. The molecule has 1 fully saturated rings. The van der Waals surface area contributed by atoms with Gasteiger partial charge in [-0.25, -0.2) is 4.68 Å². The van der Waals surface area contributed by atoms with Gasteiger partial charge in [0.1, 0.15) is 4.32 Å². The van der Waals surface area contributed by atoms with Crippen molar-refractivity contribution in [1.82, 2.24) is 14.7 Å². The van der Waals surface area contributed by atoms with E-state index in [1.807, 2.05) is 50.4 Å². The summed E-state index contributed by atoms with van der Waals surface area (Å²) in [5.74, 6) is 0.184. The lowest BCUT2D eigenvalue weighted by molar-refractivity contribution is -0.384. The highest BCUT2D eigenvalue weighted by Crippen LogP contribution is 2.35. The Morgan fingerprint density at radius 3 is 2.47 bits per heavy atom. The van der Waals surface area contributed by atoms with E-state index in [1.165, 1.54) is 23.9 Å². The molecule has 0 atom stereocenters. The first-order valence-electron chi connectivity index (χ1n) is 9.99. The molecule has 0 unspecified atom stereocenters. The van der Waals surface area contributed by atoms with Crippen molar-refractivity contribution in [3.05, 3.63) is 81.4 Å². The molecule has 0 radical (unpaired) electrons. The fourth-order valence-electron chi connectivity index (χ4n) is 3.34. The van der Waals surface area contributed by atoms with Crippen LogP contribution < -0.4 is 0 Å². The number of aromatic nitrogens is 2. The van der Waals surface area contributed by atoms with Crippen molar-refractivity contribution in [3.63, 3.8) is 0 Å². The number of hydrogen-bond acceptors (Lipinski definition) is 6. The van der Waals surface area contributed by atoms with Gasteiger partial charge in [0.25, 0.3) is 11.6 Å². The second-order valence-electron chi connectivity index (χ2n) is 7.70. The SMILES string of the molecule is CC(C)CN1C(=O)/C(=C/c2cn(-c3ccccc3)nc2-c2ccc([N+](=O)[O-])cc2)SC1=S. The molecule has 4 rings (SSSR count).